The van der Waals surface area contributed by atoms with Crippen molar-refractivity contribution in [2.24, 2.45) is 0 Å². The topological polar surface area (TPSA) is 46.9 Å². The zero-order chi connectivity index (χ0) is 12.1. The SMILES string of the molecule is O=C(CBr)Nc1cnn(Cc2ccccc2)c1. The van der Waals surface area contributed by atoms with Crippen LogP contribution in [0.3, 0.4) is 0 Å². The highest BCUT2D eigenvalue weighted by Crippen LogP contribution is 2.08. The van der Waals surface area contributed by atoms with Gasteiger partial charge in [0.25, 0.3) is 0 Å². The van der Waals surface area contributed by atoms with Crippen LogP contribution in [0.4, 0.5) is 5.69 Å². The summed E-state index contributed by atoms with van der Waals surface area (Å²) in [4.78, 5) is 11.2. The van der Waals surface area contributed by atoms with Crippen LogP contribution in [0.5, 0.6) is 0 Å². The molecule has 0 spiro atoms. The number of halogens is 1. The zero-order valence-corrected chi connectivity index (χ0v) is 10.7. The molecule has 0 unspecified atom stereocenters. The minimum atomic E-state index is -0.0794. The molecule has 2 rings (SSSR count). The van der Waals surface area contributed by atoms with Crippen molar-refractivity contribution in [1.82, 2.24) is 9.78 Å². The molecule has 0 saturated carbocycles. The summed E-state index contributed by atoms with van der Waals surface area (Å²) < 4.78 is 1.79. The van der Waals surface area contributed by atoms with E-state index < -0.39 is 0 Å². The number of hydrogen-bond donors (Lipinski definition) is 1. The normalized spacial score (nSPS) is 10.2. The molecule has 0 atom stereocenters. The lowest BCUT2D eigenvalue weighted by Crippen LogP contribution is -2.11. The summed E-state index contributed by atoms with van der Waals surface area (Å²) in [5.74, 6) is -0.0794. The van der Waals surface area contributed by atoms with Crippen LogP contribution < -0.4 is 5.32 Å². The number of amides is 1. The van der Waals surface area contributed by atoms with Crippen molar-refractivity contribution in [1.29, 1.82) is 0 Å². The Morgan fingerprint density at radius 1 is 1.35 bits per heavy atom. The van der Waals surface area contributed by atoms with E-state index in [-0.39, 0.29) is 11.2 Å². The Kier molecular flexibility index (Phi) is 3.93. The van der Waals surface area contributed by atoms with Crippen LogP contribution in [-0.4, -0.2) is 21.0 Å². The number of alkyl halides is 1. The number of hydrogen-bond acceptors (Lipinski definition) is 2. The second kappa shape index (κ2) is 5.63. The Morgan fingerprint density at radius 2 is 2.12 bits per heavy atom. The third kappa shape index (κ3) is 3.42. The van der Waals surface area contributed by atoms with E-state index in [1.807, 2.05) is 36.5 Å². The van der Waals surface area contributed by atoms with E-state index in [9.17, 15) is 4.79 Å². The highest BCUT2D eigenvalue weighted by atomic mass is 79.9. The zero-order valence-electron chi connectivity index (χ0n) is 9.14. The first kappa shape index (κ1) is 11.9. The molecule has 1 amide bonds. The molecule has 0 aliphatic rings. The van der Waals surface area contributed by atoms with Gasteiger partial charge < -0.3 is 5.32 Å². The van der Waals surface area contributed by atoms with Gasteiger partial charge in [-0.05, 0) is 5.56 Å². The molecule has 0 saturated heterocycles. The number of carbonyl (C=O) groups excluding carboxylic acids is 1. The predicted molar refractivity (Wildman–Crippen MR) is 70.2 cm³/mol. The number of anilines is 1. The van der Waals surface area contributed by atoms with Crippen LogP contribution >= 0.6 is 15.9 Å². The number of carbonyl (C=O) groups is 1. The Labute approximate surface area is 108 Å². The fourth-order valence-electron chi connectivity index (χ4n) is 1.48. The maximum Gasteiger partial charge on any atom is 0.235 e. The molecular weight excluding hydrogens is 282 g/mol. The van der Waals surface area contributed by atoms with Gasteiger partial charge >= 0.3 is 0 Å². The summed E-state index contributed by atoms with van der Waals surface area (Å²) in [5, 5.41) is 7.20. The fraction of sp³-hybridized carbons (Fsp3) is 0.167. The van der Waals surface area contributed by atoms with Crippen LogP contribution in [0.1, 0.15) is 5.56 Å². The number of aromatic nitrogens is 2. The van der Waals surface area contributed by atoms with Crippen LogP contribution in [-0.2, 0) is 11.3 Å². The second-order valence-electron chi connectivity index (χ2n) is 3.59. The summed E-state index contributed by atoms with van der Waals surface area (Å²) >= 11 is 3.09. The van der Waals surface area contributed by atoms with Gasteiger partial charge in [0.2, 0.25) is 5.91 Å². The Bertz CT molecular complexity index is 495. The summed E-state index contributed by atoms with van der Waals surface area (Å²) in [5.41, 5.74) is 1.89. The molecule has 0 fully saturated rings. The van der Waals surface area contributed by atoms with Gasteiger partial charge in [0.1, 0.15) is 0 Å². The monoisotopic (exact) mass is 293 g/mol. The minimum absolute atomic E-state index is 0.0794. The van der Waals surface area contributed by atoms with Gasteiger partial charge in [-0.15, -0.1) is 0 Å². The van der Waals surface area contributed by atoms with E-state index in [0.717, 1.165) is 0 Å². The van der Waals surface area contributed by atoms with Gasteiger partial charge in [-0.3, -0.25) is 9.48 Å². The molecule has 0 aliphatic carbocycles. The number of rotatable bonds is 4. The first-order chi connectivity index (χ1) is 8.28. The summed E-state index contributed by atoms with van der Waals surface area (Å²) in [6, 6.07) is 10.0. The molecule has 1 aromatic heterocycles. The molecule has 17 heavy (non-hydrogen) atoms. The molecule has 1 aromatic carbocycles. The first-order valence-electron chi connectivity index (χ1n) is 5.20. The van der Waals surface area contributed by atoms with Gasteiger partial charge in [0.05, 0.1) is 23.8 Å². The summed E-state index contributed by atoms with van der Waals surface area (Å²) in [6.45, 7) is 0.699. The predicted octanol–water partition coefficient (Wildman–Crippen LogP) is 2.26. The largest absolute Gasteiger partial charge is 0.323 e. The van der Waals surface area contributed by atoms with Crippen molar-refractivity contribution in [3.63, 3.8) is 0 Å². The maximum absolute atomic E-state index is 11.2. The average Bonchev–Trinajstić information content (AvgIpc) is 2.77. The van der Waals surface area contributed by atoms with Gasteiger partial charge in [0.15, 0.2) is 0 Å². The highest BCUT2D eigenvalue weighted by Gasteiger charge is 2.02. The van der Waals surface area contributed by atoms with Crippen molar-refractivity contribution in [3.05, 3.63) is 48.3 Å². The van der Waals surface area contributed by atoms with E-state index >= 15 is 0 Å². The van der Waals surface area contributed by atoms with Crippen LogP contribution in [0.25, 0.3) is 0 Å². The lowest BCUT2D eigenvalue weighted by molar-refractivity contribution is -0.113. The Morgan fingerprint density at radius 3 is 2.82 bits per heavy atom. The van der Waals surface area contributed by atoms with Crippen LogP contribution in [0, 0.1) is 0 Å². The van der Waals surface area contributed by atoms with E-state index in [1.54, 1.807) is 10.9 Å². The first-order valence-corrected chi connectivity index (χ1v) is 6.32. The molecule has 1 N–H and O–H groups in total. The Balaban J connectivity index is 2.01. The quantitative estimate of drug-likeness (QED) is 0.879. The van der Waals surface area contributed by atoms with Crippen molar-refractivity contribution >= 4 is 27.5 Å². The van der Waals surface area contributed by atoms with Gasteiger partial charge in [-0.1, -0.05) is 46.3 Å². The minimum Gasteiger partial charge on any atom is -0.323 e. The van der Waals surface area contributed by atoms with Gasteiger partial charge in [-0.2, -0.15) is 5.10 Å². The number of benzene rings is 1. The van der Waals surface area contributed by atoms with Crippen LogP contribution in [0.2, 0.25) is 0 Å². The third-order valence-electron chi connectivity index (χ3n) is 2.23. The average molecular weight is 294 g/mol. The molecule has 0 radical (unpaired) electrons. The van der Waals surface area contributed by atoms with Gasteiger partial charge in [0, 0.05) is 6.20 Å². The van der Waals surface area contributed by atoms with Gasteiger partial charge in [-0.25, -0.2) is 0 Å². The van der Waals surface area contributed by atoms with E-state index in [1.165, 1.54) is 5.56 Å². The van der Waals surface area contributed by atoms with Crippen molar-refractivity contribution in [2.45, 2.75) is 6.54 Å². The highest BCUT2D eigenvalue weighted by molar-refractivity contribution is 9.09. The second-order valence-corrected chi connectivity index (χ2v) is 4.15. The fourth-order valence-corrected chi connectivity index (χ4v) is 1.62. The number of nitrogens with one attached hydrogen (secondary N) is 1. The molecular formula is C12H12BrN3O. The molecule has 2 aromatic rings. The summed E-state index contributed by atoms with van der Waals surface area (Å²) in [6.07, 6.45) is 3.46. The smallest absolute Gasteiger partial charge is 0.235 e. The standard InChI is InChI=1S/C12H12BrN3O/c13-6-12(17)15-11-7-14-16(9-11)8-10-4-2-1-3-5-10/h1-5,7,9H,6,8H2,(H,15,17). The van der Waals surface area contributed by atoms with Crippen molar-refractivity contribution in [3.8, 4) is 0 Å². The van der Waals surface area contributed by atoms with E-state index in [2.05, 4.69) is 26.3 Å². The third-order valence-corrected chi connectivity index (χ3v) is 2.74. The lowest BCUT2D eigenvalue weighted by Gasteiger charge is -2.01. The maximum atomic E-state index is 11.2. The van der Waals surface area contributed by atoms with Crippen LogP contribution in [0.15, 0.2) is 42.7 Å². The van der Waals surface area contributed by atoms with Crippen molar-refractivity contribution in [2.75, 3.05) is 10.6 Å². The molecule has 88 valence electrons. The number of nitrogens with zero attached hydrogens (tertiary/aromatic N) is 2. The molecule has 0 bridgehead atoms. The molecule has 1 heterocycles. The Hall–Kier alpha value is -1.62. The van der Waals surface area contributed by atoms with E-state index in [4.69, 9.17) is 0 Å². The molecule has 5 heteroatoms. The summed E-state index contributed by atoms with van der Waals surface area (Å²) in [7, 11) is 0. The lowest BCUT2D eigenvalue weighted by atomic mass is 10.2. The molecule has 0 aliphatic heterocycles. The van der Waals surface area contributed by atoms with E-state index in [0.29, 0.717) is 12.2 Å². The van der Waals surface area contributed by atoms with Crippen molar-refractivity contribution < 1.29 is 4.79 Å². The molecule has 4 nitrogen and oxygen atoms in total.